The van der Waals surface area contributed by atoms with Gasteiger partial charge in [-0.15, -0.1) is 0 Å². The van der Waals surface area contributed by atoms with Crippen LogP contribution in [0.2, 0.25) is 0 Å². The van der Waals surface area contributed by atoms with Gasteiger partial charge < -0.3 is 0 Å². The summed E-state index contributed by atoms with van der Waals surface area (Å²) in [5, 5.41) is 0. The summed E-state index contributed by atoms with van der Waals surface area (Å²) in [5.74, 6) is 0. The van der Waals surface area contributed by atoms with E-state index in [-0.39, 0.29) is 0 Å². The van der Waals surface area contributed by atoms with Crippen molar-refractivity contribution in [1.29, 1.82) is 0 Å². The van der Waals surface area contributed by atoms with Gasteiger partial charge >= 0.3 is 0 Å². The van der Waals surface area contributed by atoms with Gasteiger partial charge in [-0.25, -0.2) is 0 Å². The van der Waals surface area contributed by atoms with Gasteiger partial charge in [0.2, 0.25) is 0 Å². The molecule has 10 heavy (non-hydrogen) atoms. The Morgan fingerprint density at radius 2 is 1.90 bits per heavy atom. The summed E-state index contributed by atoms with van der Waals surface area (Å²) in [7, 11) is 0. The minimum atomic E-state index is 0.750. The second-order valence-corrected chi connectivity index (χ2v) is 2.06. The maximum absolute atomic E-state index is 9.32. The molecule has 1 rings (SSSR count). The molecule has 0 saturated carbocycles. The molecule has 0 fully saturated rings. The molecule has 0 aromatic heterocycles. The van der Waals surface area contributed by atoms with Gasteiger partial charge in [0.05, 0.1) is 0 Å². The molecule has 0 aromatic rings. The van der Waals surface area contributed by atoms with Crippen molar-refractivity contribution in [3.63, 3.8) is 0 Å². The highest BCUT2D eigenvalue weighted by Crippen LogP contribution is 2.05. The van der Waals surface area contributed by atoms with E-state index in [0.717, 1.165) is 6.29 Å². The molecule has 0 bridgehead atoms. The Morgan fingerprint density at radius 1 is 1.30 bits per heavy atom. The predicted molar refractivity (Wildman–Crippen MR) is 43.9 cm³/mol. The molecule has 1 aliphatic rings. The normalized spacial score (nSPS) is 14.9. The van der Waals surface area contributed by atoms with Gasteiger partial charge in [-0.3, -0.25) is 4.79 Å². The molecule has 1 nitrogen and oxygen atoms in total. The molecule has 0 amide bonds. The standard InChI is InChI=1S/C5H8.C4H6O/c1-2-4-5-3-1;1-2-3-4-5/h1-2H,3-5H2;2-4H,1H3. The Kier molecular flexibility index (Phi) is 7.46. The van der Waals surface area contributed by atoms with Crippen LogP contribution in [0.15, 0.2) is 24.3 Å². The second kappa shape index (κ2) is 8.15. The van der Waals surface area contributed by atoms with Crippen LogP contribution in [0.4, 0.5) is 0 Å². The molecular formula is C9H14O. The molecule has 0 atom stereocenters. The molecule has 0 aromatic carbocycles. The van der Waals surface area contributed by atoms with Crippen molar-refractivity contribution in [2.24, 2.45) is 0 Å². The summed E-state index contributed by atoms with van der Waals surface area (Å²) in [6, 6.07) is 0. The van der Waals surface area contributed by atoms with Crippen LogP contribution >= 0.6 is 0 Å². The van der Waals surface area contributed by atoms with E-state index in [1.165, 1.54) is 25.3 Å². The maximum atomic E-state index is 9.32. The third kappa shape index (κ3) is 7.15. The number of carbonyl (C=O) groups is 1. The molecular weight excluding hydrogens is 124 g/mol. The van der Waals surface area contributed by atoms with Crippen LogP contribution in [0, 0.1) is 0 Å². The second-order valence-electron chi connectivity index (χ2n) is 2.06. The number of carbonyl (C=O) groups excluding carboxylic acids is 1. The zero-order valence-electron chi connectivity index (χ0n) is 6.42. The fourth-order valence-electron chi connectivity index (χ4n) is 0.668. The Morgan fingerprint density at radius 3 is 2.00 bits per heavy atom. The highest BCUT2D eigenvalue weighted by atomic mass is 16.1. The van der Waals surface area contributed by atoms with Gasteiger partial charge in [-0.05, 0) is 32.3 Å². The van der Waals surface area contributed by atoms with Gasteiger partial charge in [0.1, 0.15) is 6.29 Å². The fraction of sp³-hybridized carbons (Fsp3) is 0.444. The first kappa shape index (κ1) is 9.15. The lowest BCUT2D eigenvalue weighted by atomic mass is 10.4. The predicted octanol–water partition coefficient (Wildman–Crippen LogP) is 2.49. The highest BCUT2D eigenvalue weighted by molar-refractivity contribution is 5.64. The van der Waals surface area contributed by atoms with E-state index in [2.05, 4.69) is 12.2 Å². The SMILES string of the molecule is C1=CCCC1.CC=CC=O. The number of rotatable bonds is 1. The topological polar surface area (TPSA) is 17.1 Å². The molecule has 1 heteroatoms. The molecule has 0 unspecified atom stereocenters. The molecule has 1 aliphatic carbocycles. The van der Waals surface area contributed by atoms with Crippen LogP contribution in [0.25, 0.3) is 0 Å². The third-order valence-electron chi connectivity index (χ3n) is 1.18. The van der Waals surface area contributed by atoms with E-state index < -0.39 is 0 Å². The average molecular weight is 138 g/mol. The van der Waals surface area contributed by atoms with E-state index in [1.54, 1.807) is 13.0 Å². The van der Waals surface area contributed by atoms with E-state index >= 15 is 0 Å². The number of allylic oxidation sites excluding steroid dienone is 4. The van der Waals surface area contributed by atoms with Gasteiger partial charge in [0.25, 0.3) is 0 Å². The van der Waals surface area contributed by atoms with Gasteiger partial charge in [-0.1, -0.05) is 18.2 Å². The summed E-state index contributed by atoms with van der Waals surface area (Å²) in [4.78, 5) is 9.32. The molecule has 0 spiro atoms. The average Bonchev–Trinajstić information content (AvgIpc) is 2.44. The van der Waals surface area contributed by atoms with E-state index in [4.69, 9.17) is 0 Å². The summed E-state index contributed by atoms with van der Waals surface area (Å²) >= 11 is 0. The lowest BCUT2D eigenvalue weighted by Gasteiger charge is -1.69. The summed E-state index contributed by atoms with van der Waals surface area (Å²) in [6.07, 6.45) is 12.4. The van der Waals surface area contributed by atoms with Crippen molar-refractivity contribution in [2.45, 2.75) is 26.2 Å². The molecule has 0 heterocycles. The Hall–Kier alpha value is -0.850. The highest BCUT2D eigenvalue weighted by Gasteiger charge is 1.84. The van der Waals surface area contributed by atoms with Crippen molar-refractivity contribution in [2.75, 3.05) is 0 Å². The van der Waals surface area contributed by atoms with Crippen molar-refractivity contribution < 1.29 is 4.79 Å². The minimum absolute atomic E-state index is 0.750. The first-order valence-electron chi connectivity index (χ1n) is 3.63. The first-order chi connectivity index (χ1) is 4.91. The van der Waals surface area contributed by atoms with Crippen LogP contribution in [0.3, 0.4) is 0 Å². The van der Waals surface area contributed by atoms with E-state index in [9.17, 15) is 4.79 Å². The van der Waals surface area contributed by atoms with Crippen molar-refractivity contribution >= 4 is 6.29 Å². The number of hydrogen-bond acceptors (Lipinski definition) is 1. The number of aldehydes is 1. The van der Waals surface area contributed by atoms with Gasteiger partial charge in [-0.2, -0.15) is 0 Å². The van der Waals surface area contributed by atoms with Crippen molar-refractivity contribution in [3.05, 3.63) is 24.3 Å². The zero-order valence-corrected chi connectivity index (χ0v) is 6.42. The monoisotopic (exact) mass is 138 g/mol. The lowest BCUT2D eigenvalue weighted by Crippen LogP contribution is -1.50. The molecule has 0 saturated heterocycles. The first-order valence-corrected chi connectivity index (χ1v) is 3.63. The van der Waals surface area contributed by atoms with Crippen LogP contribution in [0.5, 0.6) is 0 Å². The largest absolute Gasteiger partial charge is 0.299 e. The maximum Gasteiger partial charge on any atom is 0.142 e. The third-order valence-corrected chi connectivity index (χ3v) is 1.18. The quantitative estimate of drug-likeness (QED) is 0.309. The van der Waals surface area contributed by atoms with Crippen LogP contribution in [0.1, 0.15) is 26.2 Å². The number of hydrogen-bond donors (Lipinski definition) is 0. The summed E-state index contributed by atoms with van der Waals surface area (Å²) in [6.45, 7) is 1.80. The Labute approximate surface area is 62.4 Å². The van der Waals surface area contributed by atoms with Crippen LogP contribution < -0.4 is 0 Å². The fourth-order valence-corrected chi connectivity index (χ4v) is 0.668. The minimum Gasteiger partial charge on any atom is -0.299 e. The summed E-state index contributed by atoms with van der Waals surface area (Å²) < 4.78 is 0. The smallest absolute Gasteiger partial charge is 0.142 e. The zero-order chi connectivity index (χ0) is 7.66. The molecule has 0 aliphatic heterocycles. The molecule has 0 radical (unpaired) electrons. The van der Waals surface area contributed by atoms with E-state index in [1.807, 2.05) is 0 Å². The summed E-state index contributed by atoms with van der Waals surface area (Å²) in [5.41, 5.74) is 0. The van der Waals surface area contributed by atoms with Gasteiger partial charge in [0, 0.05) is 0 Å². The van der Waals surface area contributed by atoms with E-state index in [0.29, 0.717) is 0 Å². The van der Waals surface area contributed by atoms with Crippen LogP contribution in [-0.2, 0) is 4.79 Å². The Bertz CT molecular complexity index is 117. The van der Waals surface area contributed by atoms with Crippen molar-refractivity contribution in [3.8, 4) is 0 Å². The lowest BCUT2D eigenvalue weighted by molar-refractivity contribution is -0.104. The molecule has 56 valence electrons. The van der Waals surface area contributed by atoms with Crippen molar-refractivity contribution in [1.82, 2.24) is 0 Å². The van der Waals surface area contributed by atoms with Crippen LogP contribution in [-0.4, -0.2) is 6.29 Å². The Balaban J connectivity index is 0.000000162. The van der Waals surface area contributed by atoms with Gasteiger partial charge in [0.15, 0.2) is 0 Å². The molecule has 0 N–H and O–H groups in total.